The summed E-state index contributed by atoms with van der Waals surface area (Å²) in [7, 11) is -3.66. The Bertz CT molecular complexity index is 603. The van der Waals surface area contributed by atoms with Crippen LogP contribution in [0.15, 0.2) is 24.3 Å². The van der Waals surface area contributed by atoms with Gasteiger partial charge in [0.25, 0.3) is 0 Å². The van der Waals surface area contributed by atoms with Crippen LogP contribution < -0.4 is 9.62 Å². The van der Waals surface area contributed by atoms with E-state index in [-0.39, 0.29) is 24.6 Å². The number of para-hydroxylation sites is 1. The highest BCUT2D eigenvalue weighted by Gasteiger charge is 2.21. The number of amides is 1. The number of halogens is 1. The Labute approximate surface area is 131 Å². The molecule has 124 valence electrons. The number of nitrogens with one attached hydrogen (secondary N) is 1. The lowest BCUT2D eigenvalue weighted by Crippen LogP contribution is -2.35. The molecule has 1 aromatic rings. The number of hydrogen-bond donors (Lipinski definition) is 1. The van der Waals surface area contributed by atoms with E-state index in [4.69, 9.17) is 0 Å². The first kappa shape index (κ1) is 18.4. The van der Waals surface area contributed by atoms with Crippen LogP contribution >= 0.6 is 0 Å². The topological polar surface area (TPSA) is 66.5 Å². The first-order valence-electron chi connectivity index (χ1n) is 7.20. The minimum atomic E-state index is -3.66. The molecule has 0 unspecified atom stereocenters. The fourth-order valence-corrected chi connectivity index (χ4v) is 2.84. The van der Waals surface area contributed by atoms with Gasteiger partial charge in [0, 0.05) is 19.5 Å². The van der Waals surface area contributed by atoms with E-state index in [0.29, 0.717) is 12.5 Å². The van der Waals surface area contributed by atoms with E-state index >= 15 is 0 Å². The minimum absolute atomic E-state index is 0.0144. The van der Waals surface area contributed by atoms with Gasteiger partial charge < -0.3 is 5.32 Å². The summed E-state index contributed by atoms with van der Waals surface area (Å²) in [5.41, 5.74) is -0.0417. The molecular formula is C15H23FN2O3S. The molecule has 1 amide bonds. The van der Waals surface area contributed by atoms with Crippen molar-refractivity contribution in [2.75, 3.05) is 23.7 Å². The second kappa shape index (κ2) is 8.12. The molecule has 0 aromatic heterocycles. The molecular weight excluding hydrogens is 307 g/mol. The van der Waals surface area contributed by atoms with Gasteiger partial charge in [-0.05, 0) is 24.5 Å². The molecule has 7 heteroatoms. The highest BCUT2D eigenvalue weighted by atomic mass is 32.2. The summed E-state index contributed by atoms with van der Waals surface area (Å²) >= 11 is 0. The van der Waals surface area contributed by atoms with E-state index in [9.17, 15) is 17.6 Å². The fraction of sp³-hybridized carbons (Fsp3) is 0.533. The van der Waals surface area contributed by atoms with Gasteiger partial charge in [-0.25, -0.2) is 12.8 Å². The van der Waals surface area contributed by atoms with Gasteiger partial charge in [-0.2, -0.15) is 0 Å². The van der Waals surface area contributed by atoms with E-state index in [2.05, 4.69) is 19.2 Å². The van der Waals surface area contributed by atoms with Crippen molar-refractivity contribution < 1.29 is 17.6 Å². The summed E-state index contributed by atoms with van der Waals surface area (Å²) in [6.07, 6.45) is 1.84. The van der Waals surface area contributed by atoms with Crippen LogP contribution in [0, 0.1) is 11.7 Å². The van der Waals surface area contributed by atoms with E-state index in [1.807, 2.05) is 0 Å². The number of hydrogen-bond acceptors (Lipinski definition) is 3. The maximum Gasteiger partial charge on any atom is 0.232 e. The van der Waals surface area contributed by atoms with Gasteiger partial charge in [-0.15, -0.1) is 0 Å². The monoisotopic (exact) mass is 330 g/mol. The fourth-order valence-electron chi connectivity index (χ4n) is 1.91. The predicted octanol–water partition coefficient (Wildman–Crippen LogP) is 2.14. The van der Waals surface area contributed by atoms with Gasteiger partial charge in [0.05, 0.1) is 11.9 Å². The van der Waals surface area contributed by atoms with Crippen LogP contribution in [0.5, 0.6) is 0 Å². The van der Waals surface area contributed by atoms with Crippen molar-refractivity contribution in [3.8, 4) is 0 Å². The maximum absolute atomic E-state index is 13.8. The van der Waals surface area contributed by atoms with Gasteiger partial charge in [0.1, 0.15) is 5.82 Å². The molecule has 0 aliphatic carbocycles. The molecule has 0 saturated heterocycles. The number of carbonyl (C=O) groups excluding carboxylic acids is 1. The number of benzene rings is 1. The van der Waals surface area contributed by atoms with Crippen molar-refractivity contribution in [2.45, 2.75) is 26.7 Å². The maximum atomic E-state index is 13.8. The molecule has 0 spiro atoms. The molecule has 0 bridgehead atoms. The zero-order chi connectivity index (χ0) is 16.8. The average Bonchev–Trinajstić information content (AvgIpc) is 2.39. The number of nitrogens with zero attached hydrogens (tertiary/aromatic N) is 1. The van der Waals surface area contributed by atoms with E-state index < -0.39 is 15.8 Å². The van der Waals surface area contributed by atoms with Crippen LogP contribution in [0.25, 0.3) is 0 Å². The Balaban J connectivity index is 2.69. The van der Waals surface area contributed by atoms with Gasteiger partial charge in [-0.3, -0.25) is 9.10 Å². The summed E-state index contributed by atoms with van der Waals surface area (Å²) < 4.78 is 38.4. The van der Waals surface area contributed by atoms with Gasteiger partial charge in [0.2, 0.25) is 15.9 Å². The smallest absolute Gasteiger partial charge is 0.232 e. The third-order valence-electron chi connectivity index (χ3n) is 3.11. The SMILES string of the molecule is CC(C)CCNC(=O)CCN(c1ccccc1F)S(C)(=O)=O. The van der Waals surface area contributed by atoms with Crippen molar-refractivity contribution in [1.82, 2.24) is 5.32 Å². The lowest BCUT2D eigenvalue weighted by Gasteiger charge is -2.22. The van der Waals surface area contributed by atoms with Gasteiger partial charge in [-0.1, -0.05) is 26.0 Å². The quantitative estimate of drug-likeness (QED) is 0.794. The molecule has 1 aromatic carbocycles. The van der Waals surface area contributed by atoms with E-state index in [1.54, 1.807) is 6.07 Å². The molecule has 0 fully saturated rings. The van der Waals surface area contributed by atoms with Crippen molar-refractivity contribution >= 4 is 21.6 Å². The summed E-state index contributed by atoms with van der Waals surface area (Å²) in [5.74, 6) is -0.398. The molecule has 0 atom stereocenters. The summed E-state index contributed by atoms with van der Waals surface area (Å²) in [4.78, 5) is 11.7. The Hall–Kier alpha value is -1.63. The molecule has 0 saturated carbocycles. The van der Waals surface area contributed by atoms with E-state index in [1.165, 1.54) is 18.2 Å². The van der Waals surface area contributed by atoms with Crippen LogP contribution in [0.2, 0.25) is 0 Å². The Morgan fingerprint density at radius 3 is 2.50 bits per heavy atom. The largest absolute Gasteiger partial charge is 0.356 e. The Morgan fingerprint density at radius 1 is 1.32 bits per heavy atom. The van der Waals surface area contributed by atoms with Crippen LogP contribution in [0.1, 0.15) is 26.7 Å². The predicted molar refractivity (Wildman–Crippen MR) is 85.7 cm³/mol. The Kier molecular flexibility index (Phi) is 6.80. The zero-order valence-electron chi connectivity index (χ0n) is 13.2. The van der Waals surface area contributed by atoms with Crippen LogP contribution in [0.3, 0.4) is 0 Å². The molecule has 22 heavy (non-hydrogen) atoms. The molecule has 0 aliphatic heterocycles. The van der Waals surface area contributed by atoms with Crippen molar-refractivity contribution in [3.05, 3.63) is 30.1 Å². The number of rotatable bonds is 8. The first-order chi connectivity index (χ1) is 10.2. The van der Waals surface area contributed by atoms with Gasteiger partial charge in [0.15, 0.2) is 0 Å². The second-order valence-electron chi connectivity index (χ2n) is 5.57. The Morgan fingerprint density at radius 2 is 1.95 bits per heavy atom. The summed E-state index contributed by atoms with van der Waals surface area (Å²) in [5, 5.41) is 2.73. The normalized spacial score (nSPS) is 11.5. The van der Waals surface area contributed by atoms with E-state index in [0.717, 1.165) is 17.0 Å². The third-order valence-corrected chi connectivity index (χ3v) is 4.29. The summed E-state index contributed by atoms with van der Waals surface area (Å²) in [6, 6.07) is 5.61. The molecule has 0 heterocycles. The lowest BCUT2D eigenvalue weighted by molar-refractivity contribution is -0.120. The molecule has 0 radical (unpaired) electrons. The van der Waals surface area contributed by atoms with Crippen LogP contribution in [0.4, 0.5) is 10.1 Å². The standard InChI is InChI=1S/C15H23FN2O3S/c1-12(2)8-10-17-15(19)9-11-18(22(3,20)21)14-7-5-4-6-13(14)16/h4-7,12H,8-11H2,1-3H3,(H,17,19). The molecule has 0 aliphatic rings. The van der Waals surface area contributed by atoms with Crippen molar-refractivity contribution in [2.24, 2.45) is 5.92 Å². The number of anilines is 1. The molecule has 5 nitrogen and oxygen atoms in total. The van der Waals surface area contributed by atoms with Gasteiger partial charge >= 0.3 is 0 Å². The average molecular weight is 330 g/mol. The number of sulfonamides is 1. The zero-order valence-corrected chi connectivity index (χ0v) is 14.0. The first-order valence-corrected chi connectivity index (χ1v) is 9.05. The number of carbonyl (C=O) groups is 1. The molecule has 1 rings (SSSR count). The van der Waals surface area contributed by atoms with Crippen molar-refractivity contribution in [3.63, 3.8) is 0 Å². The summed E-state index contributed by atoms with van der Waals surface area (Å²) in [6.45, 7) is 4.56. The van der Waals surface area contributed by atoms with Crippen LogP contribution in [-0.2, 0) is 14.8 Å². The second-order valence-corrected chi connectivity index (χ2v) is 7.48. The molecule has 1 N–H and O–H groups in total. The third kappa shape index (κ3) is 6.01. The lowest BCUT2D eigenvalue weighted by atomic mass is 10.1. The highest BCUT2D eigenvalue weighted by Crippen LogP contribution is 2.21. The minimum Gasteiger partial charge on any atom is -0.356 e. The highest BCUT2D eigenvalue weighted by molar-refractivity contribution is 7.92. The van der Waals surface area contributed by atoms with Crippen molar-refractivity contribution in [1.29, 1.82) is 0 Å². The van der Waals surface area contributed by atoms with Crippen LogP contribution in [-0.4, -0.2) is 33.7 Å².